The molecule has 126 valence electrons. The normalized spacial score (nSPS) is 12.6. The summed E-state index contributed by atoms with van der Waals surface area (Å²) in [5.74, 6) is 5.82. The van der Waals surface area contributed by atoms with Gasteiger partial charge >= 0.3 is 0 Å². The van der Waals surface area contributed by atoms with E-state index < -0.39 is 0 Å². The maximum Gasteiger partial charge on any atom is 0.235 e. The molecule has 0 aromatic heterocycles. The Morgan fingerprint density at radius 2 is 1.26 bits per heavy atom. The zero-order valence-electron chi connectivity index (χ0n) is 16.0. The fourth-order valence-electron chi connectivity index (χ4n) is 2.23. The molecule has 2 nitrogen and oxygen atoms in total. The fraction of sp³-hybridized carbons (Fsp3) is 0.571. The van der Waals surface area contributed by atoms with Gasteiger partial charge in [-0.25, -0.2) is 0 Å². The van der Waals surface area contributed by atoms with Gasteiger partial charge in [-0.05, 0) is 49.7 Å². The average molecular weight is 314 g/mol. The molecule has 1 aromatic carbocycles. The lowest BCUT2D eigenvalue weighted by Gasteiger charge is -2.27. The van der Waals surface area contributed by atoms with E-state index in [-0.39, 0.29) is 27.8 Å². The molecule has 0 aliphatic carbocycles. The number of carbonyl (C=O) groups is 1. The van der Waals surface area contributed by atoms with E-state index in [1.54, 1.807) is 12.1 Å². The highest BCUT2D eigenvalue weighted by molar-refractivity contribution is 6.09. The van der Waals surface area contributed by atoms with Crippen LogP contribution in [-0.4, -0.2) is 10.9 Å². The zero-order chi connectivity index (χ0) is 18.2. The first-order chi connectivity index (χ1) is 10.1. The second-order valence-electron chi connectivity index (χ2n) is 9.25. The van der Waals surface area contributed by atoms with E-state index in [0.29, 0.717) is 5.56 Å². The number of Topliss-reactive ketones (excluding diaryl/α,β-unsaturated/α-hetero) is 1. The van der Waals surface area contributed by atoms with Gasteiger partial charge in [0.1, 0.15) is 5.75 Å². The Labute approximate surface area is 141 Å². The van der Waals surface area contributed by atoms with Gasteiger partial charge in [0.15, 0.2) is 0 Å². The first-order valence-corrected chi connectivity index (χ1v) is 8.08. The predicted molar refractivity (Wildman–Crippen MR) is 97.1 cm³/mol. The topological polar surface area (TPSA) is 37.3 Å². The average Bonchev–Trinajstić information content (AvgIpc) is 2.32. The smallest absolute Gasteiger partial charge is 0.235 e. The van der Waals surface area contributed by atoms with Crippen LogP contribution in [0.15, 0.2) is 12.1 Å². The molecule has 0 spiro atoms. The van der Waals surface area contributed by atoms with Gasteiger partial charge in [0.25, 0.3) is 0 Å². The number of hydrogen-bond donors (Lipinski definition) is 1. The van der Waals surface area contributed by atoms with Crippen LogP contribution in [0, 0.1) is 17.3 Å². The molecule has 0 atom stereocenters. The van der Waals surface area contributed by atoms with Crippen molar-refractivity contribution in [2.45, 2.75) is 73.1 Å². The number of carbonyl (C=O) groups excluding carboxylic acids is 1. The summed E-state index contributed by atoms with van der Waals surface area (Å²) in [6.45, 7) is 18.1. The monoisotopic (exact) mass is 314 g/mol. The fourth-order valence-corrected chi connectivity index (χ4v) is 2.23. The molecule has 0 radical (unpaired) electrons. The van der Waals surface area contributed by atoms with Gasteiger partial charge in [-0.3, -0.25) is 4.79 Å². The first kappa shape index (κ1) is 19.3. The molecule has 2 heteroatoms. The van der Waals surface area contributed by atoms with Crippen LogP contribution in [0.25, 0.3) is 0 Å². The molecule has 0 fully saturated rings. The molecule has 0 aliphatic rings. The van der Waals surface area contributed by atoms with Gasteiger partial charge in [-0.15, -0.1) is 0 Å². The van der Waals surface area contributed by atoms with E-state index in [9.17, 15) is 9.90 Å². The van der Waals surface area contributed by atoms with Crippen LogP contribution in [0.4, 0.5) is 0 Å². The third-order valence-corrected chi connectivity index (χ3v) is 3.54. The second-order valence-corrected chi connectivity index (χ2v) is 9.25. The molecule has 0 bridgehead atoms. The van der Waals surface area contributed by atoms with Crippen LogP contribution in [0.3, 0.4) is 0 Å². The van der Waals surface area contributed by atoms with Crippen molar-refractivity contribution in [3.05, 3.63) is 28.8 Å². The molecule has 0 unspecified atom stereocenters. The first-order valence-electron chi connectivity index (χ1n) is 8.08. The van der Waals surface area contributed by atoms with Crippen LogP contribution >= 0.6 is 0 Å². The molecular formula is C21H30O2. The van der Waals surface area contributed by atoms with Crippen LogP contribution < -0.4 is 0 Å². The minimum absolute atomic E-state index is 0.198. The molecule has 0 aliphatic heterocycles. The number of hydrogen-bond acceptors (Lipinski definition) is 2. The minimum Gasteiger partial charge on any atom is -0.507 e. The molecule has 1 N–H and O–H groups in total. The number of benzene rings is 1. The highest BCUT2D eigenvalue weighted by atomic mass is 16.3. The molecule has 0 saturated heterocycles. The van der Waals surface area contributed by atoms with Crippen molar-refractivity contribution in [2.24, 2.45) is 5.41 Å². The Kier molecular flexibility index (Phi) is 5.07. The Morgan fingerprint density at radius 1 is 0.870 bits per heavy atom. The number of aromatic hydroxyl groups is 1. The van der Waals surface area contributed by atoms with Gasteiger partial charge in [-0.1, -0.05) is 47.5 Å². The van der Waals surface area contributed by atoms with Gasteiger partial charge in [0, 0.05) is 22.1 Å². The molecule has 0 saturated carbocycles. The molecule has 0 heterocycles. The van der Waals surface area contributed by atoms with E-state index in [1.165, 1.54) is 0 Å². The van der Waals surface area contributed by atoms with Crippen molar-refractivity contribution in [3.63, 3.8) is 0 Å². The largest absolute Gasteiger partial charge is 0.507 e. The summed E-state index contributed by atoms with van der Waals surface area (Å²) in [5.41, 5.74) is 1.40. The lowest BCUT2D eigenvalue weighted by molar-refractivity contribution is 0.105. The maximum atomic E-state index is 12.5. The molecule has 23 heavy (non-hydrogen) atoms. The van der Waals surface area contributed by atoms with Gasteiger partial charge in [-0.2, -0.15) is 0 Å². The standard InChI is InChI=1S/C21H30O2/c1-19(2,3)11-10-17(22)14-12-15(20(4,5)6)18(23)16(13-14)21(7,8)9/h12-13,23H,1-9H3. The van der Waals surface area contributed by atoms with E-state index in [0.717, 1.165) is 11.1 Å². The summed E-state index contributed by atoms with van der Waals surface area (Å²) in [6, 6.07) is 3.56. The van der Waals surface area contributed by atoms with Crippen LogP contribution in [0.5, 0.6) is 5.75 Å². The van der Waals surface area contributed by atoms with Crippen molar-refractivity contribution in [1.82, 2.24) is 0 Å². The predicted octanol–water partition coefficient (Wildman–Crippen LogP) is 5.22. The SMILES string of the molecule is CC(C)(C)C#CC(=O)c1cc(C(C)(C)C)c(O)c(C(C)(C)C)c1. The van der Waals surface area contributed by atoms with E-state index >= 15 is 0 Å². The van der Waals surface area contributed by atoms with E-state index in [4.69, 9.17) is 0 Å². The summed E-state index contributed by atoms with van der Waals surface area (Å²) >= 11 is 0. The Morgan fingerprint density at radius 3 is 1.57 bits per heavy atom. The third-order valence-electron chi connectivity index (χ3n) is 3.54. The highest BCUT2D eigenvalue weighted by Gasteiger charge is 2.27. The Hall–Kier alpha value is -1.75. The molecular weight excluding hydrogens is 284 g/mol. The lowest BCUT2D eigenvalue weighted by Crippen LogP contribution is -2.18. The summed E-state index contributed by atoms with van der Waals surface area (Å²) < 4.78 is 0. The van der Waals surface area contributed by atoms with Gasteiger partial charge in [0.05, 0.1) is 0 Å². The van der Waals surface area contributed by atoms with Crippen LogP contribution in [0.1, 0.15) is 83.8 Å². The number of ketones is 1. The summed E-state index contributed by atoms with van der Waals surface area (Å²) in [6.07, 6.45) is 0. The molecule has 1 aromatic rings. The van der Waals surface area contributed by atoms with Gasteiger partial charge in [0.2, 0.25) is 5.78 Å². The minimum atomic E-state index is -0.252. The van der Waals surface area contributed by atoms with Crippen LogP contribution in [0.2, 0.25) is 0 Å². The quantitative estimate of drug-likeness (QED) is 0.438. The summed E-state index contributed by atoms with van der Waals surface area (Å²) in [4.78, 5) is 12.5. The van der Waals surface area contributed by atoms with Gasteiger partial charge < -0.3 is 5.11 Å². The Balaban J connectivity index is 3.56. The maximum absolute atomic E-state index is 12.5. The van der Waals surface area contributed by atoms with Crippen molar-refractivity contribution < 1.29 is 9.90 Å². The van der Waals surface area contributed by atoms with Crippen molar-refractivity contribution >= 4 is 5.78 Å². The Bertz CT molecular complexity index is 628. The molecule has 1 rings (SSSR count). The third kappa shape index (κ3) is 5.13. The summed E-state index contributed by atoms with van der Waals surface area (Å²) in [5, 5.41) is 10.7. The number of phenols is 1. The van der Waals surface area contributed by atoms with Crippen LogP contribution in [-0.2, 0) is 10.8 Å². The lowest BCUT2D eigenvalue weighted by atomic mass is 9.78. The second kappa shape index (κ2) is 6.04. The van der Waals surface area contributed by atoms with Crippen molar-refractivity contribution in [2.75, 3.05) is 0 Å². The van der Waals surface area contributed by atoms with Crippen molar-refractivity contribution in [1.29, 1.82) is 0 Å². The molecule has 0 amide bonds. The van der Waals surface area contributed by atoms with E-state index in [2.05, 4.69) is 11.8 Å². The zero-order valence-corrected chi connectivity index (χ0v) is 16.0. The number of rotatable bonds is 1. The van der Waals surface area contributed by atoms with Crippen molar-refractivity contribution in [3.8, 4) is 17.6 Å². The number of phenolic OH excluding ortho intramolecular Hbond substituents is 1. The van der Waals surface area contributed by atoms with E-state index in [1.807, 2.05) is 62.3 Å². The highest BCUT2D eigenvalue weighted by Crippen LogP contribution is 2.39. The summed E-state index contributed by atoms with van der Waals surface area (Å²) in [7, 11) is 0.